The molecule has 1 aliphatic rings. The summed E-state index contributed by atoms with van der Waals surface area (Å²) in [5.41, 5.74) is 3.28. The van der Waals surface area contributed by atoms with Crippen LogP contribution in [0, 0.1) is 0 Å². The fourth-order valence-corrected chi connectivity index (χ4v) is 2.99. The standard InChI is InChI=1S/C22H23NO4/c1-2-26-20-10-7-17(8-11-20)9-12-22(25)27-16-21(24)23-14-13-18-5-3-4-6-19(18)15-23/h3-12H,2,13-16H2,1H3/b12-9+. The molecule has 0 saturated heterocycles. The molecule has 2 aromatic carbocycles. The summed E-state index contributed by atoms with van der Waals surface area (Å²) in [6.45, 7) is 3.50. The highest BCUT2D eigenvalue weighted by Crippen LogP contribution is 2.18. The molecule has 0 saturated carbocycles. The molecule has 5 heteroatoms. The predicted octanol–water partition coefficient (Wildman–Crippen LogP) is 3.23. The van der Waals surface area contributed by atoms with Crippen LogP contribution in [-0.2, 0) is 27.3 Å². The van der Waals surface area contributed by atoms with Gasteiger partial charge in [-0.05, 0) is 48.2 Å². The highest BCUT2D eigenvalue weighted by Gasteiger charge is 2.20. The molecule has 1 aliphatic heterocycles. The normalized spacial score (nSPS) is 13.3. The van der Waals surface area contributed by atoms with Crippen molar-refractivity contribution in [3.05, 3.63) is 71.3 Å². The van der Waals surface area contributed by atoms with Gasteiger partial charge in [0.25, 0.3) is 5.91 Å². The molecule has 140 valence electrons. The average Bonchev–Trinajstić information content (AvgIpc) is 2.71. The van der Waals surface area contributed by atoms with E-state index in [1.807, 2.05) is 49.4 Å². The Morgan fingerprint density at radius 2 is 1.81 bits per heavy atom. The smallest absolute Gasteiger partial charge is 0.331 e. The van der Waals surface area contributed by atoms with E-state index >= 15 is 0 Å². The SMILES string of the molecule is CCOc1ccc(/C=C/C(=O)OCC(=O)N2CCc3ccccc3C2)cc1. The molecule has 2 aromatic rings. The summed E-state index contributed by atoms with van der Waals surface area (Å²) in [5.74, 6) is 0.0768. The zero-order chi connectivity index (χ0) is 19.1. The second-order valence-corrected chi connectivity index (χ2v) is 6.28. The zero-order valence-corrected chi connectivity index (χ0v) is 15.4. The number of rotatable bonds is 6. The third-order valence-electron chi connectivity index (χ3n) is 4.42. The molecule has 0 bridgehead atoms. The minimum atomic E-state index is -0.533. The Labute approximate surface area is 159 Å². The first-order chi connectivity index (χ1) is 13.2. The van der Waals surface area contributed by atoms with Gasteiger partial charge in [0.15, 0.2) is 6.61 Å². The van der Waals surface area contributed by atoms with Gasteiger partial charge in [-0.3, -0.25) is 4.79 Å². The summed E-state index contributed by atoms with van der Waals surface area (Å²) >= 11 is 0. The van der Waals surface area contributed by atoms with Crippen LogP contribution in [0.4, 0.5) is 0 Å². The van der Waals surface area contributed by atoms with Crippen LogP contribution < -0.4 is 4.74 Å². The van der Waals surface area contributed by atoms with Gasteiger partial charge in [0, 0.05) is 19.2 Å². The number of carbonyl (C=O) groups is 2. The lowest BCUT2D eigenvalue weighted by Gasteiger charge is -2.28. The predicted molar refractivity (Wildman–Crippen MR) is 103 cm³/mol. The topological polar surface area (TPSA) is 55.8 Å². The fraction of sp³-hybridized carbons (Fsp3) is 0.273. The molecule has 0 aromatic heterocycles. The van der Waals surface area contributed by atoms with E-state index in [-0.39, 0.29) is 12.5 Å². The van der Waals surface area contributed by atoms with Crippen LogP contribution in [0.2, 0.25) is 0 Å². The number of ether oxygens (including phenoxy) is 2. The maximum atomic E-state index is 12.3. The van der Waals surface area contributed by atoms with E-state index in [1.54, 1.807) is 11.0 Å². The van der Waals surface area contributed by atoms with E-state index in [4.69, 9.17) is 9.47 Å². The lowest BCUT2D eigenvalue weighted by Crippen LogP contribution is -2.38. The first-order valence-corrected chi connectivity index (χ1v) is 9.08. The Hall–Kier alpha value is -3.08. The molecular formula is C22H23NO4. The Morgan fingerprint density at radius 3 is 2.56 bits per heavy atom. The Balaban J connectivity index is 1.47. The molecule has 5 nitrogen and oxygen atoms in total. The van der Waals surface area contributed by atoms with Crippen molar-refractivity contribution in [1.82, 2.24) is 4.90 Å². The maximum Gasteiger partial charge on any atom is 0.331 e. The van der Waals surface area contributed by atoms with Crippen LogP contribution in [0.15, 0.2) is 54.6 Å². The summed E-state index contributed by atoms with van der Waals surface area (Å²) in [5, 5.41) is 0. The highest BCUT2D eigenvalue weighted by molar-refractivity contribution is 5.89. The van der Waals surface area contributed by atoms with Crippen molar-refractivity contribution in [3.63, 3.8) is 0 Å². The van der Waals surface area contributed by atoms with Crippen LogP contribution in [-0.4, -0.2) is 36.5 Å². The third kappa shape index (κ3) is 5.20. The molecule has 1 heterocycles. The average molecular weight is 365 g/mol. The maximum absolute atomic E-state index is 12.3. The molecule has 27 heavy (non-hydrogen) atoms. The molecule has 0 spiro atoms. The van der Waals surface area contributed by atoms with Gasteiger partial charge in [-0.15, -0.1) is 0 Å². The van der Waals surface area contributed by atoms with Crippen molar-refractivity contribution in [2.75, 3.05) is 19.8 Å². The number of hydrogen-bond acceptors (Lipinski definition) is 4. The molecule has 3 rings (SSSR count). The molecular weight excluding hydrogens is 342 g/mol. The quantitative estimate of drug-likeness (QED) is 0.583. The Morgan fingerprint density at radius 1 is 1.07 bits per heavy atom. The summed E-state index contributed by atoms with van der Waals surface area (Å²) in [4.78, 5) is 25.9. The van der Waals surface area contributed by atoms with Crippen molar-refractivity contribution in [1.29, 1.82) is 0 Å². The van der Waals surface area contributed by atoms with Gasteiger partial charge < -0.3 is 14.4 Å². The van der Waals surface area contributed by atoms with Crippen molar-refractivity contribution in [2.24, 2.45) is 0 Å². The number of carbonyl (C=O) groups excluding carboxylic acids is 2. The molecule has 0 fully saturated rings. The highest BCUT2D eigenvalue weighted by atomic mass is 16.5. The number of amides is 1. The van der Waals surface area contributed by atoms with Gasteiger partial charge in [0.2, 0.25) is 0 Å². The minimum absolute atomic E-state index is 0.174. The van der Waals surface area contributed by atoms with E-state index < -0.39 is 5.97 Å². The summed E-state index contributed by atoms with van der Waals surface area (Å²) in [6.07, 6.45) is 3.81. The summed E-state index contributed by atoms with van der Waals surface area (Å²) in [6, 6.07) is 15.5. The first kappa shape index (κ1) is 18.7. The minimum Gasteiger partial charge on any atom is -0.494 e. The van der Waals surface area contributed by atoms with Crippen molar-refractivity contribution in [3.8, 4) is 5.75 Å². The van der Waals surface area contributed by atoms with Gasteiger partial charge in [0.1, 0.15) is 5.75 Å². The first-order valence-electron chi connectivity index (χ1n) is 9.08. The van der Waals surface area contributed by atoms with Crippen molar-refractivity contribution < 1.29 is 19.1 Å². The third-order valence-corrected chi connectivity index (χ3v) is 4.42. The van der Waals surface area contributed by atoms with Crippen LogP contribution in [0.1, 0.15) is 23.6 Å². The lowest BCUT2D eigenvalue weighted by molar-refractivity contribution is -0.148. The number of benzene rings is 2. The molecule has 0 radical (unpaired) electrons. The monoisotopic (exact) mass is 365 g/mol. The number of esters is 1. The van der Waals surface area contributed by atoms with Crippen molar-refractivity contribution in [2.45, 2.75) is 19.9 Å². The Bertz CT molecular complexity index is 826. The molecule has 0 atom stereocenters. The zero-order valence-electron chi connectivity index (χ0n) is 15.4. The molecule has 1 amide bonds. The second-order valence-electron chi connectivity index (χ2n) is 6.28. The van der Waals surface area contributed by atoms with Gasteiger partial charge >= 0.3 is 5.97 Å². The Kier molecular flexibility index (Phi) is 6.26. The van der Waals surface area contributed by atoms with E-state index in [2.05, 4.69) is 6.07 Å². The van der Waals surface area contributed by atoms with E-state index in [0.29, 0.717) is 19.7 Å². The van der Waals surface area contributed by atoms with Gasteiger partial charge in [-0.1, -0.05) is 36.4 Å². The van der Waals surface area contributed by atoms with Crippen LogP contribution in [0.3, 0.4) is 0 Å². The fourth-order valence-electron chi connectivity index (χ4n) is 2.99. The van der Waals surface area contributed by atoms with Crippen LogP contribution in [0.25, 0.3) is 6.08 Å². The molecule has 0 unspecified atom stereocenters. The van der Waals surface area contributed by atoms with Gasteiger partial charge in [0.05, 0.1) is 6.61 Å². The molecule has 0 N–H and O–H groups in total. The van der Waals surface area contributed by atoms with Gasteiger partial charge in [-0.25, -0.2) is 4.79 Å². The number of hydrogen-bond donors (Lipinski definition) is 0. The largest absolute Gasteiger partial charge is 0.494 e. The van der Waals surface area contributed by atoms with E-state index in [0.717, 1.165) is 23.3 Å². The van der Waals surface area contributed by atoms with Crippen molar-refractivity contribution >= 4 is 18.0 Å². The summed E-state index contributed by atoms with van der Waals surface area (Å²) < 4.78 is 10.5. The van der Waals surface area contributed by atoms with Gasteiger partial charge in [-0.2, -0.15) is 0 Å². The second kappa shape index (κ2) is 9.03. The number of nitrogens with zero attached hydrogens (tertiary/aromatic N) is 1. The molecule has 0 aliphatic carbocycles. The van der Waals surface area contributed by atoms with E-state index in [9.17, 15) is 9.59 Å². The van der Waals surface area contributed by atoms with E-state index in [1.165, 1.54) is 11.6 Å². The number of fused-ring (bicyclic) bond motifs is 1. The lowest BCUT2D eigenvalue weighted by atomic mass is 10.00. The van der Waals surface area contributed by atoms with Crippen LogP contribution in [0.5, 0.6) is 5.75 Å². The van der Waals surface area contributed by atoms with Crippen LogP contribution >= 0.6 is 0 Å². The summed E-state index contributed by atoms with van der Waals surface area (Å²) in [7, 11) is 0.